The van der Waals surface area contributed by atoms with Gasteiger partial charge in [0.15, 0.2) is 0 Å². The van der Waals surface area contributed by atoms with Gasteiger partial charge in [0.25, 0.3) is 0 Å². The van der Waals surface area contributed by atoms with Crippen molar-refractivity contribution < 1.29 is 0 Å². The van der Waals surface area contributed by atoms with Crippen molar-refractivity contribution in [3.63, 3.8) is 0 Å². The summed E-state index contributed by atoms with van der Waals surface area (Å²) >= 11 is 0. The molecule has 0 fully saturated rings. The Morgan fingerprint density at radius 3 is 2.95 bits per heavy atom. The van der Waals surface area contributed by atoms with E-state index < -0.39 is 0 Å². The highest BCUT2D eigenvalue weighted by molar-refractivity contribution is 5.53. The summed E-state index contributed by atoms with van der Waals surface area (Å²) in [5, 5.41) is 8.49. The number of rotatable bonds is 5. The number of nitrogens with two attached hydrogens (primary N) is 1. The summed E-state index contributed by atoms with van der Waals surface area (Å²) in [6.45, 7) is 0. The number of aromatic nitrogens is 5. The van der Waals surface area contributed by atoms with E-state index in [1.807, 2.05) is 30.2 Å². The second-order valence-corrected chi connectivity index (χ2v) is 4.71. The fraction of sp³-hybridized carbons (Fsp3) is 0.308. The van der Waals surface area contributed by atoms with Gasteiger partial charge in [-0.2, -0.15) is 10.2 Å². The van der Waals surface area contributed by atoms with Gasteiger partial charge in [-0.05, 0) is 18.9 Å². The van der Waals surface area contributed by atoms with Crippen molar-refractivity contribution in [3.8, 4) is 0 Å². The largest absolute Gasteiger partial charge is 0.273 e. The number of aryl methyl sites for hydroxylation is 2. The van der Waals surface area contributed by atoms with Gasteiger partial charge in [0.1, 0.15) is 0 Å². The molecule has 1 atom stereocenters. The van der Waals surface area contributed by atoms with E-state index in [0.29, 0.717) is 0 Å². The van der Waals surface area contributed by atoms with Crippen LogP contribution in [0, 0.1) is 0 Å². The quantitative estimate of drug-likeness (QED) is 0.524. The van der Waals surface area contributed by atoms with E-state index >= 15 is 0 Å². The van der Waals surface area contributed by atoms with E-state index in [0.717, 1.165) is 23.9 Å². The fourth-order valence-corrected chi connectivity index (χ4v) is 2.39. The molecular formula is C13H17N7. The Morgan fingerprint density at radius 2 is 2.20 bits per heavy atom. The summed E-state index contributed by atoms with van der Waals surface area (Å²) in [6, 6.07) is 2.05. The van der Waals surface area contributed by atoms with E-state index in [-0.39, 0.29) is 6.04 Å². The van der Waals surface area contributed by atoms with Crippen LogP contribution in [0.4, 0.5) is 0 Å². The second kappa shape index (κ2) is 5.40. The Morgan fingerprint density at radius 1 is 1.30 bits per heavy atom. The van der Waals surface area contributed by atoms with Crippen LogP contribution >= 0.6 is 0 Å². The van der Waals surface area contributed by atoms with Gasteiger partial charge in [0.05, 0.1) is 24.0 Å². The molecule has 3 heterocycles. The predicted octanol–water partition coefficient (Wildman–Crippen LogP) is 0.600. The van der Waals surface area contributed by atoms with Crippen LogP contribution in [0.15, 0.2) is 37.1 Å². The summed E-state index contributed by atoms with van der Waals surface area (Å²) in [5.74, 6) is 5.70. The minimum Gasteiger partial charge on any atom is -0.273 e. The number of nitrogens with one attached hydrogen (secondary N) is 1. The maximum Gasteiger partial charge on any atom is 0.0893 e. The SMILES string of the molecule is Cn1nccc1CCC(NN)c1cnn2ccncc12. The van der Waals surface area contributed by atoms with Crippen LogP contribution in [0.25, 0.3) is 5.52 Å². The van der Waals surface area contributed by atoms with Gasteiger partial charge in [-0.1, -0.05) is 0 Å². The molecule has 0 aromatic carbocycles. The van der Waals surface area contributed by atoms with Crippen LogP contribution in [0.5, 0.6) is 0 Å². The lowest BCUT2D eigenvalue weighted by atomic mass is 10.0. The third-order valence-electron chi connectivity index (χ3n) is 3.54. The van der Waals surface area contributed by atoms with Gasteiger partial charge in [0.2, 0.25) is 0 Å². The third-order valence-corrected chi connectivity index (χ3v) is 3.54. The average Bonchev–Trinajstić information content (AvgIpc) is 3.07. The van der Waals surface area contributed by atoms with Crippen molar-refractivity contribution in [1.82, 2.24) is 29.8 Å². The minimum atomic E-state index is 0.0339. The van der Waals surface area contributed by atoms with E-state index in [1.54, 1.807) is 23.1 Å². The van der Waals surface area contributed by atoms with Crippen molar-refractivity contribution >= 4 is 5.52 Å². The molecule has 0 aliphatic carbocycles. The molecule has 3 aromatic rings. The Balaban J connectivity index is 1.81. The zero-order valence-corrected chi connectivity index (χ0v) is 11.3. The van der Waals surface area contributed by atoms with Crippen LogP contribution in [0.2, 0.25) is 0 Å². The number of hydrogen-bond donors (Lipinski definition) is 2. The van der Waals surface area contributed by atoms with Gasteiger partial charge >= 0.3 is 0 Å². The first-order valence-corrected chi connectivity index (χ1v) is 6.50. The summed E-state index contributed by atoms with van der Waals surface area (Å²) in [4.78, 5) is 4.14. The summed E-state index contributed by atoms with van der Waals surface area (Å²) < 4.78 is 3.68. The van der Waals surface area contributed by atoms with Crippen LogP contribution < -0.4 is 11.3 Å². The van der Waals surface area contributed by atoms with Crippen molar-refractivity contribution in [2.24, 2.45) is 12.9 Å². The Bertz CT molecular complexity index is 699. The Hall–Kier alpha value is -2.25. The topological polar surface area (TPSA) is 86.1 Å². The maximum atomic E-state index is 5.70. The molecule has 0 saturated heterocycles. The molecule has 0 aliphatic rings. The van der Waals surface area contributed by atoms with Crippen LogP contribution in [-0.2, 0) is 13.5 Å². The van der Waals surface area contributed by atoms with Crippen LogP contribution in [0.3, 0.4) is 0 Å². The minimum absolute atomic E-state index is 0.0339. The smallest absolute Gasteiger partial charge is 0.0893 e. The fourth-order valence-electron chi connectivity index (χ4n) is 2.39. The van der Waals surface area contributed by atoms with Crippen molar-refractivity contribution in [1.29, 1.82) is 0 Å². The van der Waals surface area contributed by atoms with Crippen LogP contribution in [-0.4, -0.2) is 24.4 Å². The molecular weight excluding hydrogens is 254 g/mol. The van der Waals surface area contributed by atoms with Gasteiger partial charge in [0, 0.05) is 36.9 Å². The maximum absolute atomic E-state index is 5.70. The van der Waals surface area contributed by atoms with Gasteiger partial charge in [-0.25, -0.2) is 4.52 Å². The van der Waals surface area contributed by atoms with E-state index in [2.05, 4.69) is 20.6 Å². The standard InChI is InChI=1S/C13H17N7/c1-19-10(4-5-16-19)2-3-12(18-14)11-8-17-20-7-6-15-9-13(11)20/h4-9,12,18H,2-3,14H2,1H3. The Kier molecular flexibility index (Phi) is 3.44. The van der Waals surface area contributed by atoms with E-state index in [1.165, 1.54) is 5.69 Å². The Labute approximate surface area is 116 Å². The number of hydrazine groups is 1. The second-order valence-electron chi connectivity index (χ2n) is 4.71. The lowest BCUT2D eigenvalue weighted by Crippen LogP contribution is -2.28. The molecule has 7 nitrogen and oxygen atoms in total. The molecule has 0 aliphatic heterocycles. The molecule has 3 aromatic heterocycles. The number of hydrogen-bond acceptors (Lipinski definition) is 5. The van der Waals surface area contributed by atoms with Crippen molar-refractivity contribution in [2.75, 3.05) is 0 Å². The van der Waals surface area contributed by atoms with E-state index in [9.17, 15) is 0 Å². The molecule has 0 bridgehead atoms. The molecule has 7 heteroatoms. The molecule has 3 rings (SSSR count). The van der Waals surface area contributed by atoms with Gasteiger partial charge < -0.3 is 0 Å². The molecule has 0 saturated carbocycles. The number of nitrogens with zero attached hydrogens (tertiary/aromatic N) is 5. The summed E-state index contributed by atoms with van der Waals surface area (Å²) in [6.07, 6.45) is 10.7. The zero-order valence-electron chi connectivity index (χ0n) is 11.3. The normalized spacial score (nSPS) is 12.9. The monoisotopic (exact) mass is 271 g/mol. The summed E-state index contributed by atoms with van der Waals surface area (Å²) in [7, 11) is 1.94. The predicted molar refractivity (Wildman–Crippen MR) is 74.6 cm³/mol. The molecule has 104 valence electrons. The lowest BCUT2D eigenvalue weighted by Gasteiger charge is -2.14. The molecule has 0 radical (unpaired) electrons. The third kappa shape index (κ3) is 2.28. The first-order valence-electron chi connectivity index (χ1n) is 6.50. The first-order chi connectivity index (χ1) is 9.79. The lowest BCUT2D eigenvalue weighted by molar-refractivity contribution is 0.509. The molecule has 20 heavy (non-hydrogen) atoms. The molecule has 0 spiro atoms. The summed E-state index contributed by atoms with van der Waals surface area (Å²) in [5.41, 5.74) is 6.08. The van der Waals surface area contributed by atoms with E-state index in [4.69, 9.17) is 5.84 Å². The highest BCUT2D eigenvalue weighted by Crippen LogP contribution is 2.22. The van der Waals surface area contributed by atoms with Crippen molar-refractivity contribution in [3.05, 3.63) is 48.3 Å². The highest BCUT2D eigenvalue weighted by atomic mass is 15.3. The zero-order chi connectivity index (χ0) is 13.9. The molecule has 3 N–H and O–H groups in total. The molecule has 0 amide bonds. The van der Waals surface area contributed by atoms with Crippen LogP contribution in [0.1, 0.15) is 23.7 Å². The van der Waals surface area contributed by atoms with Crippen molar-refractivity contribution in [2.45, 2.75) is 18.9 Å². The average molecular weight is 271 g/mol. The molecule has 1 unspecified atom stereocenters. The highest BCUT2D eigenvalue weighted by Gasteiger charge is 2.15. The van der Waals surface area contributed by atoms with Gasteiger partial charge in [-0.15, -0.1) is 0 Å². The van der Waals surface area contributed by atoms with Gasteiger partial charge in [-0.3, -0.25) is 20.9 Å². The first kappa shape index (κ1) is 12.8. The number of fused-ring (bicyclic) bond motifs is 1.